The molecule has 0 fully saturated rings. The molecule has 1 aliphatic rings. The number of unbranched alkanes of at least 4 members (excludes halogenated alkanes) is 1. The fraction of sp³-hybridized carbons (Fsp3) is 0.286. The van der Waals surface area contributed by atoms with Crippen LogP contribution in [0.2, 0.25) is 0 Å². The van der Waals surface area contributed by atoms with Gasteiger partial charge in [0.25, 0.3) is 5.89 Å². The van der Waals surface area contributed by atoms with E-state index < -0.39 is 0 Å². The van der Waals surface area contributed by atoms with Crippen LogP contribution in [0.1, 0.15) is 44.2 Å². The van der Waals surface area contributed by atoms with Crippen LogP contribution in [0, 0.1) is 5.82 Å². The topological polar surface area (TPSA) is 54.2 Å². The van der Waals surface area contributed by atoms with E-state index in [0.29, 0.717) is 16.8 Å². The summed E-state index contributed by atoms with van der Waals surface area (Å²) in [6.07, 6.45) is 2.07. The Morgan fingerprint density at radius 1 is 1.28 bits per heavy atom. The molecular formula is C21H21FN4OS2. The molecule has 5 nitrogen and oxygen atoms in total. The Morgan fingerprint density at radius 3 is 2.76 bits per heavy atom. The van der Waals surface area contributed by atoms with Gasteiger partial charge < -0.3 is 14.7 Å². The minimum Gasteiger partial charge on any atom is -0.351 e. The molecule has 1 aromatic carbocycles. The Morgan fingerprint density at radius 2 is 2.07 bits per heavy atom. The summed E-state index contributed by atoms with van der Waals surface area (Å²) in [5.74, 6) is 0.717. The first-order valence-electron chi connectivity index (χ1n) is 9.50. The van der Waals surface area contributed by atoms with E-state index in [0.717, 1.165) is 41.1 Å². The molecule has 0 saturated carbocycles. The van der Waals surface area contributed by atoms with E-state index in [1.54, 1.807) is 23.5 Å². The van der Waals surface area contributed by atoms with Gasteiger partial charge in [0.1, 0.15) is 5.82 Å². The van der Waals surface area contributed by atoms with E-state index in [9.17, 15) is 4.39 Å². The molecule has 3 heterocycles. The van der Waals surface area contributed by atoms with Crippen molar-refractivity contribution < 1.29 is 8.91 Å². The first-order valence-corrected chi connectivity index (χ1v) is 10.8. The summed E-state index contributed by atoms with van der Waals surface area (Å²) in [5, 5.41) is 10.2. The molecule has 0 aliphatic carbocycles. The lowest BCUT2D eigenvalue weighted by atomic mass is 9.94. The molecule has 1 unspecified atom stereocenters. The number of allylic oxidation sites excluding steroid dienone is 1. The van der Waals surface area contributed by atoms with Crippen LogP contribution in [0.3, 0.4) is 0 Å². The van der Waals surface area contributed by atoms with Gasteiger partial charge in [-0.3, -0.25) is 0 Å². The lowest BCUT2D eigenvalue weighted by Gasteiger charge is -2.37. The van der Waals surface area contributed by atoms with Gasteiger partial charge in [-0.25, -0.2) is 4.39 Å². The van der Waals surface area contributed by atoms with Crippen molar-refractivity contribution in [3.63, 3.8) is 0 Å². The van der Waals surface area contributed by atoms with Crippen molar-refractivity contribution in [2.45, 2.75) is 32.7 Å². The summed E-state index contributed by atoms with van der Waals surface area (Å²) in [6.45, 7) is 4.97. The highest BCUT2D eigenvalue weighted by Crippen LogP contribution is 2.37. The van der Waals surface area contributed by atoms with Gasteiger partial charge in [-0.05, 0) is 54.7 Å². The summed E-state index contributed by atoms with van der Waals surface area (Å²) in [7, 11) is 0. The van der Waals surface area contributed by atoms with Crippen molar-refractivity contribution in [2.75, 3.05) is 6.54 Å². The molecule has 4 rings (SSSR count). The maximum absolute atomic E-state index is 13.5. The van der Waals surface area contributed by atoms with Crippen LogP contribution in [-0.2, 0) is 0 Å². The molecule has 3 aromatic rings. The van der Waals surface area contributed by atoms with E-state index in [4.69, 9.17) is 16.7 Å². The average Bonchev–Trinajstić information content (AvgIpc) is 3.40. The van der Waals surface area contributed by atoms with Crippen LogP contribution in [0.4, 0.5) is 4.39 Å². The van der Waals surface area contributed by atoms with Crippen molar-refractivity contribution in [2.24, 2.45) is 0 Å². The van der Waals surface area contributed by atoms with Crippen LogP contribution in [-0.4, -0.2) is 26.7 Å². The first-order chi connectivity index (χ1) is 14.1. The number of nitrogens with one attached hydrogen (secondary N) is 1. The Kier molecular flexibility index (Phi) is 5.73. The van der Waals surface area contributed by atoms with Gasteiger partial charge >= 0.3 is 0 Å². The van der Waals surface area contributed by atoms with E-state index in [1.165, 1.54) is 12.1 Å². The van der Waals surface area contributed by atoms with Gasteiger partial charge in [-0.1, -0.05) is 36.7 Å². The van der Waals surface area contributed by atoms with Crippen LogP contribution < -0.4 is 5.32 Å². The number of nitrogens with zero attached hydrogens (tertiary/aromatic N) is 3. The average molecular weight is 429 g/mol. The number of rotatable bonds is 6. The Hall–Kier alpha value is -2.58. The number of halogens is 1. The fourth-order valence-electron chi connectivity index (χ4n) is 3.39. The summed E-state index contributed by atoms with van der Waals surface area (Å²) >= 11 is 7.19. The predicted octanol–water partition coefficient (Wildman–Crippen LogP) is 5.40. The molecule has 0 saturated heterocycles. The number of hydrogen-bond donors (Lipinski definition) is 1. The van der Waals surface area contributed by atoms with Crippen molar-refractivity contribution in [3.8, 4) is 10.7 Å². The SMILES string of the molecule is CCCCN1C(=S)NC(c2ccc(F)cc2)C(c2nc(-c3cccs3)no2)=C1C. The molecule has 0 spiro atoms. The zero-order valence-corrected chi connectivity index (χ0v) is 17.8. The van der Waals surface area contributed by atoms with E-state index in [1.807, 2.05) is 24.4 Å². The second-order valence-electron chi connectivity index (χ2n) is 6.84. The van der Waals surface area contributed by atoms with Crippen molar-refractivity contribution in [3.05, 3.63) is 64.7 Å². The lowest BCUT2D eigenvalue weighted by Crippen LogP contribution is -2.46. The smallest absolute Gasteiger partial charge is 0.258 e. The third kappa shape index (κ3) is 3.95. The van der Waals surface area contributed by atoms with Crippen LogP contribution in [0.15, 0.2) is 52.0 Å². The molecule has 0 amide bonds. The number of benzene rings is 1. The fourth-order valence-corrected chi connectivity index (χ4v) is 4.38. The third-order valence-corrected chi connectivity index (χ3v) is 6.14. The molecule has 1 aliphatic heterocycles. The standard InChI is InChI=1S/C21H21FN4OS2/c1-3-4-11-26-13(2)17(20-24-19(25-27-20)16-6-5-12-29-16)18(23-21(26)28)14-7-9-15(22)10-8-14/h5-10,12,18H,3-4,11H2,1-2H3,(H,23,28). The second-order valence-corrected chi connectivity index (χ2v) is 8.17. The van der Waals surface area contributed by atoms with Crippen molar-refractivity contribution in [1.29, 1.82) is 0 Å². The maximum Gasteiger partial charge on any atom is 0.258 e. The van der Waals surface area contributed by atoms with E-state index in [2.05, 4.69) is 27.3 Å². The zero-order chi connectivity index (χ0) is 20.4. The van der Waals surface area contributed by atoms with E-state index >= 15 is 0 Å². The molecule has 2 aromatic heterocycles. The summed E-state index contributed by atoms with van der Waals surface area (Å²) in [6, 6.07) is 10.0. The summed E-state index contributed by atoms with van der Waals surface area (Å²) in [4.78, 5) is 7.67. The van der Waals surface area contributed by atoms with Gasteiger partial charge in [0.15, 0.2) is 5.11 Å². The molecule has 0 radical (unpaired) electrons. The third-order valence-electron chi connectivity index (χ3n) is 4.93. The van der Waals surface area contributed by atoms with Crippen LogP contribution in [0.25, 0.3) is 16.3 Å². The second kappa shape index (κ2) is 8.42. The van der Waals surface area contributed by atoms with Crippen molar-refractivity contribution in [1.82, 2.24) is 20.4 Å². The van der Waals surface area contributed by atoms with Crippen LogP contribution >= 0.6 is 23.6 Å². The van der Waals surface area contributed by atoms with E-state index in [-0.39, 0.29) is 11.9 Å². The van der Waals surface area contributed by atoms with Gasteiger partial charge in [-0.2, -0.15) is 4.98 Å². The minimum atomic E-state index is -0.294. The van der Waals surface area contributed by atoms with Gasteiger partial charge in [0.05, 0.1) is 16.5 Å². The van der Waals surface area contributed by atoms with Gasteiger partial charge in [0.2, 0.25) is 5.82 Å². The highest BCUT2D eigenvalue weighted by Gasteiger charge is 2.33. The number of aromatic nitrogens is 2. The Bertz CT molecular complexity index is 1030. The van der Waals surface area contributed by atoms with Crippen molar-refractivity contribution >= 4 is 34.2 Å². The zero-order valence-electron chi connectivity index (χ0n) is 16.2. The van der Waals surface area contributed by atoms with Gasteiger partial charge in [-0.15, -0.1) is 11.3 Å². The highest BCUT2D eigenvalue weighted by molar-refractivity contribution is 7.80. The maximum atomic E-state index is 13.5. The summed E-state index contributed by atoms with van der Waals surface area (Å²) < 4.78 is 19.1. The normalized spacial score (nSPS) is 17.0. The molecular weight excluding hydrogens is 407 g/mol. The van der Waals surface area contributed by atoms with Crippen LogP contribution in [0.5, 0.6) is 0 Å². The molecule has 8 heteroatoms. The van der Waals surface area contributed by atoms with Gasteiger partial charge in [0, 0.05) is 12.2 Å². The predicted molar refractivity (Wildman–Crippen MR) is 117 cm³/mol. The molecule has 29 heavy (non-hydrogen) atoms. The minimum absolute atomic E-state index is 0.281. The number of hydrogen-bond acceptors (Lipinski definition) is 5. The Balaban J connectivity index is 1.79. The molecule has 1 atom stereocenters. The largest absolute Gasteiger partial charge is 0.351 e. The monoisotopic (exact) mass is 428 g/mol. The molecule has 150 valence electrons. The molecule has 1 N–H and O–H groups in total. The quantitative estimate of drug-likeness (QED) is 0.531. The first kappa shape index (κ1) is 19.7. The molecule has 0 bridgehead atoms. The number of thiophene rings is 1. The Labute approximate surface area is 178 Å². The number of thiocarbonyl (C=S) groups is 1. The highest BCUT2D eigenvalue weighted by atomic mass is 32.1. The summed E-state index contributed by atoms with van der Waals surface area (Å²) in [5.41, 5.74) is 2.71. The lowest BCUT2D eigenvalue weighted by molar-refractivity contribution is 0.395.